The molecule has 8 nitrogen and oxygen atoms in total. The van der Waals surface area contributed by atoms with Gasteiger partial charge in [0.1, 0.15) is 0 Å². The van der Waals surface area contributed by atoms with Gasteiger partial charge in [0.15, 0.2) is 0 Å². The number of hydrogen-bond donors (Lipinski definition) is 3. The Bertz CT molecular complexity index is 1560. The first-order valence-electron chi connectivity index (χ1n) is 12.8. The van der Waals surface area contributed by atoms with Gasteiger partial charge in [-0.05, 0) is 33.5 Å². The Morgan fingerprint density at radius 2 is 1.33 bits per heavy atom. The summed E-state index contributed by atoms with van der Waals surface area (Å²) in [6.45, 7) is -0.514. The molecule has 9 heteroatoms. The molecule has 1 fully saturated rings. The van der Waals surface area contributed by atoms with Crippen LogP contribution in [0.15, 0.2) is 97.1 Å². The second-order valence-corrected chi connectivity index (χ2v) is 11.7. The van der Waals surface area contributed by atoms with Crippen LogP contribution >= 0.6 is 0 Å². The number of hydrogen-bond acceptors (Lipinski definition) is 5. The van der Waals surface area contributed by atoms with Gasteiger partial charge in [0.2, 0.25) is 5.91 Å². The van der Waals surface area contributed by atoms with Gasteiger partial charge in [-0.25, -0.2) is 0 Å². The van der Waals surface area contributed by atoms with Gasteiger partial charge >= 0.3 is 0 Å². The second kappa shape index (κ2) is 11.6. The number of β-amino-alcohol motifs (C(OH)–C–C–N with tert-alkyl or cyclic N) is 2. The Morgan fingerprint density at radius 3 is 2.10 bits per heavy atom. The third-order valence-corrected chi connectivity index (χ3v) is 8.81. The number of carbonyl (C=O) groups excluding carboxylic acids is 1. The van der Waals surface area contributed by atoms with Crippen LogP contribution in [-0.4, -0.2) is 58.4 Å². The van der Waals surface area contributed by atoms with Crippen molar-refractivity contribution in [2.45, 2.75) is 31.7 Å². The molecule has 1 aliphatic rings. The monoisotopic (exact) mass is 545 g/mol. The number of rotatable bonds is 7. The maximum Gasteiger partial charge on any atom is 0.282 e. The lowest BCUT2D eigenvalue weighted by Crippen LogP contribution is -2.42. The minimum atomic E-state index is -4.05. The quantitative estimate of drug-likeness (QED) is 0.330. The lowest BCUT2D eigenvalue weighted by Gasteiger charge is -2.27. The molecular weight excluding hydrogens is 514 g/mol. The zero-order valence-electron chi connectivity index (χ0n) is 21.3. The Kier molecular flexibility index (Phi) is 8.06. The van der Waals surface area contributed by atoms with Crippen LogP contribution in [0.3, 0.4) is 0 Å². The Morgan fingerprint density at radius 1 is 0.744 bits per heavy atom. The lowest BCUT2D eigenvalue weighted by atomic mass is 10.0. The zero-order chi connectivity index (χ0) is 27.4. The van der Waals surface area contributed by atoms with Crippen LogP contribution in [0, 0.1) is 0 Å². The van der Waals surface area contributed by atoms with E-state index in [9.17, 15) is 23.4 Å². The number of nitrogens with one attached hydrogen (secondary N) is 1. The number of amides is 1. The van der Waals surface area contributed by atoms with Crippen LogP contribution in [0.4, 0.5) is 5.69 Å². The van der Waals surface area contributed by atoms with E-state index < -0.39 is 22.4 Å². The van der Waals surface area contributed by atoms with Crippen LogP contribution in [0.25, 0.3) is 10.8 Å². The number of aliphatic hydroxyl groups is 2. The average Bonchev–Trinajstić information content (AvgIpc) is 3.00. The van der Waals surface area contributed by atoms with Crippen molar-refractivity contribution >= 4 is 32.6 Å². The van der Waals surface area contributed by atoms with E-state index in [1.165, 1.54) is 4.31 Å². The number of carbonyl (C=O) groups is 1. The second-order valence-electron chi connectivity index (χ2n) is 9.73. The zero-order valence-corrected chi connectivity index (χ0v) is 22.2. The molecule has 202 valence electrons. The molecule has 1 saturated heterocycles. The maximum absolute atomic E-state index is 13.7. The first-order chi connectivity index (χ1) is 18.8. The molecule has 4 aromatic carbocycles. The van der Waals surface area contributed by atoms with Crippen LogP contribution in [0.1, 0.15) is 16.7 Å². The molecule has 39 heavy (non-hydrogen) atoms. The van der Waals surface area contributed by atoms with Crippen LogP contribution in [-0.2, 0) is 34.5 Å². The van der Waals surface area contributed by atoms with Crippen molar-refractivity contribution in [3.05, 3.63) is 114 Å². The summed E-state index contributed by atoms with van der Waals surface area (Å²) in [7, 11) is -4.05. The van der Waals surface area contributed by atoms with Gasteiger partial charge in [-0.3, -0.25) is 4.79 Å². The third-order valence-electron chi connectivity index (χ3n) is 6.95. The van der Waals surface area contributed by atoms with Crippen molar-refractivity contribution in [1.29, 1.82) is 0 Å². The summed E-state index contributed by atoms with van der Waals surface area (Å²) in [6.07, 6.45) is -2.33. The van der Waals surface area contributed by atoms with Crippen LogP contribution < -0.4 is 5.32 Å². The van der Waals surface area contributed by atoms with Gasteiger partial charge in [0.05, 0.1) is 18.6 Å². The summed E-state index contributed by atoms with van der Waals surface area (Å²) >= 11 is 0. The van der Waals surface area contributed by atoms with Crippen LogP contribution in [0.5, 0.6) is 0 Å². The van der Waals surface area contributed by atoms with Gasteiger partial charge in [-0.2, -0.15) is 17.0 Å². The smallest absolute Gasteiger partial charge is 0.282 e. The number of benzene rings is 4. The molecule has 0 aromatic heterocycles. The van der Waals surface area contributed by atoms with E-state index in [0.29, 0.717) is 11.3 Å². The fourth-order valence-corrected chi connectivity index (χ4v) is 6.50. The van der Waals surface area contributed by atoms with Gasteiger partial charge in [-0.15, -0.1) is 0 Å². The predicted octanol–water partition coefficient (Wildman–Crippen LogP) is 3.31. The standard InChI is InChI=1S/C30H31N3O5S/c34-28-20-32(18-22-9-2-1-3-10-22)39(37,38)33(21-29(28)35)19-25-12-5-7-16-27(25)31-30(36)17-24-14-8-13-23-11-4-6-15-26(23)24/h1-16,28-29,34-35H,17-21H2,(H,31,36)/t28-,29-/m0/s1. The van der Waals surface area contributed by atoms with Crippen molar-refractivity contribution in [1.82, 2.24) is 8.61 Å². The van der Waals surface area contributed by atoms with E-state index >= 15 is 0 Å². The average molecular weight is 546 g/mol. The number of fused-ring (bicyclic) bond motifs is 1. The Balaban J connectivity index is 1.37. The first-order valence-corrected chi connectivity index (χ1v) is 14.2. The first kappa shape index (κ1) is 27.0. The topological polar surface area (TPSA) is 110 Å². The molecule has 0 saturated carbocycles. The van der Waals surface area contributed by atoms with Crippen LogP contribution in [0.2, 0.25) is 0 Å². The van der Waals surface area contributed by atoms with Crippen molar-refractivity contribution in [2.24, 2.45) is 0 Å². The number of aliphatic hydroxyl groups excluding tert-OH is 2. The molecule has 0 aliphatic carbocycles. The Labute approximate surface area is 228 Å². The highest BCUT2D eigenvalue weighted by atomic mass is 32.2. The van der Waals surface area contributed by atoms with Crippen molar-refractivity contribution in [3.8, 4) is 0 Å². The third kappa shape index (κ3) is 6.19. The highest BCUT2D eigenvalue weighted by Gasteiger charge is 2.39. The normalized spacial score (nSPS) is 19.9. The van der Waals surface area contributed by atoms with Gasteiger partial charge in [0, 0.05) is 31.9 Å². The summed E-state index contributed by atoms with van der Waals surface area (Å²) in [6, 6.07) is 29.9. The van der Waals surface area contributed by atoms with E-state index in [1.807, 2.05) is 72.8 Å². The molecule has 3 N–H and O–H groups in total. The molecule has 0 unspecified atom stereocenters. The van der Waals surface area contributed by atoms with Crippen molar-refractivity contribution in [3.63, 3.8) is 0 Å². The van der Waals surface area contributed by atoms with E-state index in [4.69, 9.17) is 0 Å². The lowest BCUT2D eigenvalue weighted by molar-refractivity contribution is -0.115. The van der Waals surface area contributed by atoms with E-state index in [1.54, 1.807) is 24.3 Å². The minimum absolute atomic E-state index is 0.0624. The van der Waals surface area contributed by atoms with E-state index in [2.05, 4.69) is 5.32 Å². The molecule has 0 spiro atoms. The number of nitrogens with zero attached hydrogens (tertiary/aromatic N) is 2. The summed E-state index contributed by atoms with van der Waals surface area (Å²) in [4.78, 5) is 13.1. The summed E-state index contributed by atoms with van der Waals surface area (Å²) < 4.78 is 29.7. The largest absolute Gasteiger partial charge is 0.389 e. The SMILES string of the molecule is O=C(Cc1cccc2ccccc12)Nc1ccccc1CN1C[C@H](O)[C@@H](O)CN(Cc2ccccc2)S1(=O)=O. The predicted molar refractivity (Wildman–Crippen MR) is 151 cm³/mol. The van der Waals surface area contributed by atoms with Crippen molar-refractivity contribution in [2.75, 3.05) is 18.4 Å². The molecule has 0 radical (unpaired) electrons. The fourth-order valence-electron chi connectivity index (χ4n) is 4.88. The molecule has 0 bridgehead atoms. The summed E-state index contributed by atoms with van der Waals surface area (Å²) in [5.41, 5.74) is 2.74. The molecular formula is C30H31N3O5S. The maximum atomic E-state index is 13.7. The molecule has 1 aliphatic heterocycles. The van der Waals surface area contributed by atoms with Gasteiger partial charge < -0.3 is 15.5 Å². The van der Waals surface area contributed by atoms with E-state index in [0.717, 1.165) is 26.2 Å². The minimum Gasteiger partial charge on any atom is -0.389 e. The molecule has 4 aromatic rings. The van der Waals surface area contributed by atoms with Gasteiger partial charge in [-0.1, -0.05) is 91.0 Å². The number of anilines is 1. The summed E-state index contributed by atoms with van der Waals surface area (Å²) in [5.74, 6) is -0.223. The Hall–Kier alpha value is -3.60. The molecule has 1 heterocycles. The summed E-state index contributed by atoms with van der Waals surface area (Å²) in [5, 5.41) is 26.0. The highest BCUT2D eigenvalue weighted by Crippen LogP contribution is 2.26. The van der Waals surface area contributed by atoms with E-state index in [-0.39, 0.29) is 38.5 Å². The number of para-hydroxylation sites is 1. The molecule has 2 atom stereocenters. The van der Waals surface area contributed by atoms with Crippen molar-refractivity contribution < 1.29 is 23.4 Å². The highest BCUT2D eigenvalue weighted by molar-refractivity contribution is 7.86. The molecule has 1 amide bonds. The molecule has 5 rings (SSSR count). The fraction of sp³-hybridized carbons (Fsp3) is 0.233. The van der Waals surface area contributed by atoms with Gasteiger partial charge in [0.25, 0.3) is 10.2 Å².